The maximum absolute atomic E-state index is 14.0. The number of ether oxygens (including phenoxy) is 2. The van der Waals surface area contributed by atoms with Gasteiger partial charge in [0.2, 0.25) is 11.8 Å². The average Bonchev–Trinajstić information content (AvgIpc) is 3.47. The van der Waals surface area contributed by atoms with Gasteiger partial charge in [-0.2, -0.15) is 0 Å². The first kappa shape index (κ1) is 28.0. The van der Waals surface area contributed by atoms with Gasteiger partial charge in [0.05, 0.1) is 23.7 Å². The van der Waals surface area contributed by atoms with E-state index in [9.17, 15) is 23.6 Å². The Labute approximate surface area is 251 Å². The maximum Gasteiger partial charge on any atom is 0.305 e. The molecular weight excluding hydrogens is 605 g/mol. The number of rotatable bonds is 7. The summed E-state index contributed by atoms with van der Waals surface area (Å²) in [6, 6.07) is 16.7. The van der Waals surface area contributed by atoms with Crippen LogP contribution in [0.25, 0.3) is 0 Å². The van der Waals surface area contributed by atoms with Crippen LogP contribution in [0.4, 0.5) is 15.8 Å². The Balaban J connectivity index is 1.35. The van der Waals surface area contributed by atoms with E-state index in [0.29, 0.717) is 37.6 Å². The van der Waals surface area contributed by atoms with Crippen molar-refractivity contribution < 1.29 is 28.2 Å². The number of amides is 3. The number of aromatic nitrogens is 1. The van der Waals surface area contributed by atoms with Crippen molar-refractivity contribution in [2.24, 2.45) is 5.92 Å². The highest BCUT2D eigenvalue weighted by atomic mass is 35.5. The molecule has 0 spiro atoms. The number of methoxy groups -OCH3 is 1. The number of hydrogen-bond donors (Lipinski definition) is 2. The third kappa shape index (κ3) is 5.17. The van der Waals surface area contributed by atoms with Gasteiger partial charge in [-0.15, -0.1) is 0 Å². The molecule has 13 heteroatoms. The van der Waals surface area contributed by atoms with Crippen molar-refractivity contribution in [1.82, 2.24) is 4.98 Å². The third-order valence-corrected chi connectivity index (χ3v) is 9.58. The maximum atomic E-state index is 14.0. The fraction of sp³-hybridized carbons (Fsp3) is 0.172. The van der Waals surface area contributed by atoms with Crippen LogP contribution in [0, 0.1) is 11.7 Å². The minimum Gasteiger partial charge on any atom is -0.497 e. The van der Waals surface area contributed by atoms with Gasteiger partial charge < -0.3 is 19.8 Å². The molecular formula is C29H21ClFN3O6S2. The minimum absolute atomic E-state index is 0.263. The number of halogens is 2. The second-order valence-electron chi connectivity index (χ2n) is 9.49. The van der Waals surface area contributed by atoms with Crippen molar-refractivity contribution >= 4 is 63.8 Å². The van der Waals surface area contributed by atoms with Crippen molar-refractivity contribution in [2.45, 2.75) is 16.2 Å². The lowest BCUT2D eigenvalue weighted by Gasteiger charge is -2.31. The van der Waals surface area contributed by atoms with Crippen LogP contribution < -0.4 is 24.6 Å². The summed E-state index contributed by atoms with van der Waals surface area (Å²) in [5.41, 5.74) is 1.25. The smallest absolute Gasteiger partial charge is 0.305 e. The summed E-state index contributed by atoms with van der Waals surface area (Å²) in [6.07, 6.45) is 0. The molecule has 3 atom stereocenters. The molecule has 9 nitrogen and oxygen atoms in total. The third-order valence-electron chi connectivity index (χ3n) is 6.95. The monoisotopic (exact) mass is 625 g/mol. The van der Waals surface area contributed by atoms with Crippen LogP contribution in [0.2, 0.25) is 5.02 Å². The predicted molar refractivity (Wildman–Crippen MR) is 157 cm³/mol. The lowest BCUT2D eigenvalue weighted by molar-refractivity contribution is -0.122. The number of thioether (sulfide) groups is 1. The number of carbonyl (C=O) groups excluding carboxylic acids is 3. The van der Waals surface area contributed by atoms with Crippen LogP contribution in [-0.4, -0.2) is 41.7 Å². The zero-order valence-electron chi connectivity index (χ0n) is 21.8. The Bertz CT molecular complexity index is 1760. The molecule has 1 aromatic heterocycles. The number of nitrogens with one attached hydrogen (secondary N) is 2. The molecule has 214 valence electrons. The Morgan fingerprint density at radius 3 is 2.50 bits per heavy atom. The molecule has 2 aliphatic heterocycles. The van der Waals surface area contributed by atoms with Crippen molar-refractivity contribution in [3.05, 3.63) is 97.7 Å². The average molecular weight is 626 g/mol. The van der Waals surface area contributed by atoms with Gasteiger partial charge in [-0.1, -0.05) is 34.7 Å². The molecule has 3 heterocycles. The van der Waals surface area contributed by atoms with Gasteiger partial charge in [-0.25, -0.2) is 9.29 Å². The Morgan fingerprint density at radius 1 is 1.05 bits per heavy atom. The number of H-pyrrole nitrogens is 1. The number of benzene rings is 3. The van der Waals surface area contributed by atoms with Crippen LogP contribution in [-0.2, 0) is 14.4 Å². The van der Waals surface area contributed by atoms with E-state index in [2.05, 4.69) is 10.3 Å². The lowest BCUT2D eigenvalue weighted by atomic mass is 9.82. The van der Waals surface area contributed by atoms with Gasteiger partial charge >= 0.3 is 4.87 Å². The van der Waals surface area contributed by atoms with Crippen LogP contribution in [0.1, 0.15) is 16.4 Å². The SMILES string of the molecule is COc1ccc(N2C(=O)C3Sc4[nH]c(=O)sc4C(c4cc(Cl)ccc4OCC(=O)Nc4ccc(F)cc4)C3C2=O)cc1. The highest BCUT2D eigenvalue weighted by Gasteiger charge is 2.56. The molecule has 4 aromatic rings. The minimum atomic E-state index is -0.877. The predicted octanol–water partition coefficient (Wildman–Crippen LogP) is 5.05. The second kappa shape index (κ2) is 11.3. The molecule has 0 saturated carbocycles. The quantitative estimate of drug-likeness (QED) is 0.276. The highest BCUT2D eigenvalue weighted by molar-refractivity contribution is 8.00. The summed E-state index contributed by atoms with van der Waals surface area (Å²) >= 11 is 8.50. The molecule has 1 saturated heterocycles. The van der Waals surface area contributed by atoms with Gasteiger partial charge in [-0.3, -0.25) is 19.2 Å². The molecule has 3 amide bonds. The molecule has 2 aliphatic rings. The fourth-order valence-electron chi connectivity index (χ4n) is 5.11. The van der Waals surface area contributed by atoms with Crippen molar-refractivity contribution in [2.75, 3.05) is 23.9 Å². The van der Waals surface area contributed by atoms with Crippen molar-refractivity contribution in [3.8, 4) is 11.5 Å². The molecule has 0 radical (unpaired) electrons. The second-order valence-corrected chi connectivity index (χ2v) is 12.1. The zero-order valence-corrected chi connectivity index (χ0v) is 24.1. The number of thiazole rings is 1. The molecule has 3 aromatic carbocycles. The summed E-state index contributed by atoms with van der Waals surface area (Å²) in [5, 5.41) is 2.65. The first-order chi connectivity index (χ1) is 20.2. The summed E-state index contributed by atoms with van der Waals surface area (Å²) in [5.74, 6) is -2.57. The molecule has 0 bridgehead atoms. The fourth-order valence-corrected chi connectivity index (χ4v) is 7.79. The molecule has 2 N–H and O–H groups in total. The number of nitrogens with zero attached hydrogens (tertiary/aromatic N) is 1. The Morgan fingerprint density at radius 2 is 1.79 bits per heavy atom. The Hall–Kier alpha value is -4.13. The standard InChI is InChI=1S/C29H21ClFN3O6S2/c1-39-18-9-7-17(8-10-18)34-27(36)23-22(24-26(33-29(38)42-24)41-25(23)28(34)37)19-12-14(30)2-11-20(19)40-13-21(35)32-16-5-3-15(31)4-6-16/h2-12,22-23,25H,13H2,1H3,(H,32,35)(H,33,38). The largest absolute Gasteiger partial charge is 0.497 e. The van der Waals surface area contributed by atoms with Crippen molar-refractivity contribution in [1.29, 1.82) is 0 Å². The van der Waals surface area contributed by atoms with E-state index in [1.165, 1.54) is 31.4 Å². The summed E-state index contributed by atoms with van der Waals surface area (Å²) < 4.78 is 24.3. The van der Waals surface area contributed by atoms with E-state index in [4.69, 9.17) is 21.1 Å². The highest BCUT2D eigenvalue weighted by Crippen LogP contribution is 2.54. The first-order valence-corrected chi connectivity index (χ1v) is 14.7. The van der Waals surface area contributed by atoms with Crippen molar-refractivity contribution in [3.63, 3.8) is 0 Å². The van der Waals surface area contributed by atoms with E-state index in [1.807, 2.05) is 0 Å². The number of imide groups is 1. The topological polar surface area (TPSA) is 118 Å². The molecule has 42 heavy (non-hydrogen) atoms. The lowest BCUT2D eigenvalue weighted by Crippen LogP contribution is -2.32. The number of carbonyl (C=O) groups is 3. The van der Waals surface area contributed by atoms with Gasteiger partial charge in [0.25, 0.3) is 5.91 Å². The normalized spacial score (nSPS) is 19.3. The van der Waals surface area contributed by atoms with E-state index < -0.39 is 47.2 Å². The van der Waals surface area contributed by atoms with E-state index in [-0.39, 0.29) is 10.6 Å². The van der Waals surface area contributed by atoms with Crippen LogP contribution in [0.5, 0.6) is 11.5 Å². The summed E-state index contributed by atoms with van der Waals surface area (Å²) in [7, 11) is 1.52. The van der Waals surface area contributed by atoms with E-state index in [1.54, 1.807) is 42.5 Å². The van der Waals surface area contributed by atoms with Gasteiger partial charge in [-0.05, 0) is 66.7 Å². The van der Waals surface area contributed by atoms with Crippen LogP contribution >= 0.6 is 34.7 Å². The van der Waals surface area contributed by atoms with Gasteiger partial charge in [0, 0.05) is 27.1 Å². The molecule has 6 rings (SSSR count). The van der Waals surface area contributed by atoms with Gasteiger partial charge in [0.1, 0.15) is 22.6 Å². The number of fused-ring (bicyclic) bond motifs is 2. The number of aromatic amines is 1. The van der Waals surface area contributed by atoms with E-state index in [0.717, 1.165) is 28.0 Å². The summed E-state index contributed by atoms with van der Waals surface area (Å²) in [6.45, 7) is -0.400. The Kier molecular flexibility index (Phi) is 7.52. The van der Waals surface area contributed by atoms with Gasteiger partial charge in [0.15, 0.2) is 6.61 Å². The van der Waals surface area contributed by atoms with Crippen LogP contribution in [0.3, 0.4) is 0 Å². The van der Waals surface area contributed by atoms with E-state index >= 15 is 0 Å². The summed E-state index contributed by atoms with van der Waals surface area (Å²) in [4.78, 5) is 57.0. The molecule has 3 unspecified atom stereocenters. The molecule has 1 fully saturated rings. The number of hydrogen-bond acceptors (Lipinski definition) is 8. The number of anilines is 2. The molecule has 0 aliphatic carbocycles. The van der Waals surface area contributed by atoms with Crippen LogP contribution in [0.15, 0.2) is 76.6 Å². The zero-order chi connectivity index (χ0) is 29.5. The first-order valence-electron chi connectivity index (χ1n) is 12.6.